The quantitative estimate of drug-likeness (QED) is 0.457. The number of sulfonamides is 1. The average molecular weight is 524 g/mol. The lowest BCUT2D eigenvalue weighted by atomic mass is 10.1. The number of ether oxygens (including phenoxy) is 1. The molecule has 1 atom stereocenters. The fraction of sp³-hybridized carbons (Fsp3) is 0.440. The second kappa shape index (κ2) is 12.8. The molecular weight excluding hydrogens is 490 g/mol. The van der Waals surface area contributed by atoms with Crippen molar-refractivity contribution in [2.75, 3.05) is 30.8 Å². The SMILES string of the molecule is CCNC(=O)[C@@H](C)N(Cc1ccc(OC)cc1)C(=O)CCCN(c1cccc(Cl)c1C)S(C)(=O)=O. The van der Waals surface area contributed by atoms with E-state index >= 15 is 0 Å². The van der Waals surface area contributed by atoms with Gasteiger partial charge in [0, 0.05) is 31.1 Å². The van der Waals surface area contributed by atoms with Crippen LogP contribution in [-0.4, -0.2) is 57.6 Å². The van der Waals surface area contributed by atoms with Gasteiger partial charge in [-0.2, -0.15) is 0 Å². The fourth-order valence-electron chi connectivity index (χ4n) is 3.68. The summed E-state index contributed by atoms with van der Waals surface area (Å²) in [6.07, 6.45) is 1.48. The smallest absolute Gasteiger partial charge is 0.242 e. The van der Waals surface area contributed by atoms with Gasteiger partial charge in [0.1, 0.15) is 11.8 Å². The van der Waals surface area contributed by atoms with Crippen molar-refractivity contribution >= 4 is 39.1 Å². The number of rotatable bonds is 12. The molecule has 0 aliphatic heterocycles. The first kappa shape index (κ1) is 28.5. The van der Waals surface area contributed by atoms with Crippen molar-refractivity contribution in [2.24, 2.45) is 0 Å². The molecule has 0 radical (unpaired) electrons. The van der Waals surface area contributed by atoms with Crippen molar-refractivity contribution in [3.8, 4) is 5.75 Å². The molecule has 0 saturated heterocycles. The van der Waals surface area contributed by atoms with Crippen LogP contribution in [0.3, 0.4) is 0 Å². The van der Waals surface area contributed by atoms with E-state index in [1.165, 1.54) is 9.21 Å². The van der Waals surface area contributed by atoms with Crippen molar-refractivity contribution in [2.45, 2.75) is 46.2 Å². The summed E-state index contributed by atoms with van der Waals surface area (Å²) in [5.41, 5.74) is 1.98. The van der Waals surface area contributed by atoms with E-state index in [0.29, 0.717) is 28.6 Å². The summed E-state index contributed by atoms with van der Waals surface area (Å²) in [6, 6.07) is 11.7. The van der Waals surface area contributed by atoms with E-state index in [0.717, 1.165) is 11.8 Å². The van der Waals surface area contributed by atoms with Crippen molar-refractivity contribution in [1.29, 1.82) is 0 Å². The topological polar surface area (TPSA) is 96.0 Å². The molecule has 35 heavy (non-hydrogen) atoms. The molecule has 0 heterocycles. The summed E-state index contributed by atoms with van der Waals surface area (Å²) < 4.78 is 31.4. The van der Waals surface area contributed by atoms with Crippen molar-refractivity contribution < 1.29 is 22.7 Å². The number of benzene rings is 2. The highest BCUT2D eigenvalue weighted by Crippen LogP contribution is 2.28. The molecule has 10 heteroatoms. The third kappa shape index (κ3) is 7.86. The first-order valence-electron chi connectivity index (χ1n) is 11.4. The van der Waals surface area contributed by atoms with Gasteiger partial charge < -0.3 is 15.0 Å². The van der Waals surface area contributed by atoms with Crippen molar-refractivity contribution in [3.63, 3.8) is 0 Å². The van der Waals surface area contributed by atoms with E-state index in [1.54, 1.807) is 51.3 Å². The van der Waals surface area contributed by atoms with Crippen LogP contribution in [0.2, 0.25) is 5.02 Å². The summed E-state index contributed by atoms with van der Waals surface area (Å²) in [4.78, 5) is 27.3. The van der Waals surface area contributed by atoms with Gasteiger partial charge in [-0.15, -0.1) is 0 Å². The molecule has 1 N–H and O–H groups in total. The highest BCUT2D eigenvalue weighted by atomic mass is 35.5. The third-order valence-electron chi connectivity index (χ3n) is 5.69. The average Bonchev–Trinajstić information content (AvgIpc) is 2.81. The lowest BCUT2D eigenvalue weighted by Crippen LogP contribution is -2.47. The monoisotopic (exact) mass is 523 g/mol. The standard InChI is InChI=1S/C25H34ClN3O5S/c1-6-27-25(31)19(3)28(17-20-12-14-21(34-4)15-13-20)24(30)11-8-16-29(35(5,32)33)23-10-7-9-22(26)18(23)2/h7,9-10,12-15,19H,6,8,11,16-17H2,1-5H3,(H,27,31)/t19-/m1/s1. The van der Waals surface area contributed by atoms with E-state index < -0.39 is 16.1 Å². The number of methoxy groups -OCH3 is 1. The normalized spacial score (nSPS) is 12.1. The molecule has 2 amide bonds. The second-order valence-corrected chi connectivity index (χ2v) is 10.6. The molecule has 0 unspecified atom stereocenters. The summed E-state index contributed by atoms with van der Waals surface area (Å²) in [5, 5.41) is 3.23. The van der Waals surface area contributed by atoms with Gasteiger partial charge in [0.2, 0.25) is 21.8 Å². The zero-order chi connectivity index (χ0) is 26.2. The minimum Gasteiger partial charge on any atom is -0.497 e. The van der Waals surface area contributed by atoms with Gasteiger partial charge in [-0.25, -0.2) is 8.42 Å². The number of carbonyl (C=O) groups excluding carboxylic acids is 2. The summed E-state index contributed by atoms with van der Waals surface area (Å²) in [6.45, 7) is 6.06. The van der Waals surface area contributed by atoms with Crippen LogP contribution in [0.5, 0.6) is 5.75 Å². The molecule has 0 spiro atoms. The minimum atomic E-state index is -3.59. The predicted molar refractivity (Wildman–Crippen MR) is 139 cm³/mol. The van der Waals surface area contributed by atoms with E-state index in [4.69, 9.17) is 16.3 Å². The lowest BCUT2D eigenvalue weighted by molar-refractivity contribution is -0.140. The number of nitrogens with one attached hydrogen (secondary N) is 1. The van der Waals surface area contributed by atoms with Gasteiger partial charge in [0.25, 0.3) is 0 Å². The van der Waals surface area contributed by atoms with Crippen LogP contribution < -0.4 is 14.4 Å². The maximum absolute atomic E-state index is 13.2. The van der Waals surface area contributed by atoms with Gasteiger partial charge >= 0.3 is 0 Å². The molecular formula is C25H34ClN3O5S. The van der Waals surface area contributed by atoms with Gasteiger partial charge in [0.05, 0.1) is 19.1 Å². The van der Waals surface area contributed by atoms with Crippen LogP contribution in [0.1, 0.15) is 37.8 Å². The Bertz CT molecular complexity index is 1120. The van der Waals surface area contributed by atoms with Crippen LogP contribution in [0.4, 0.5) is 5.69 Å². The number of anilines is 1. The molecule has 0 bridgehead atoms. The molecule has 0 aliphatic rings. The van der Waals surface area contributed by atoms with Crippen LogP contribution in [0.25, 0.3) is 0 Å². The van der Waals surface area contributed by atoms with Gasteiger partial charge in [0.15, 0.2) is 0 Å². The van der Waals surface area contributed by atoms with E-state index in [-0.39, 0.29) is 37.7 Å². The van der Waals surface area contributed by atoms with E-state index in [1.807, 2.05) is 19.1 Å². The molecule has 192 valence electrons. The van der Waals surface area contributed by atoms with Crippen molar-refractivity contribution in [1.82, 2.24) is 10.2 Å². The third-order valence-corrected chi connectivity index (χ3v) is 7.28. The van der Waals surface area contributed by atoms with Crippen LogP contribution in [0.15, 0.2) is 42.5 Å². The number of hydrogen-bond acceptors (Lipinski definition) is 5. The Morgan fingerprint density at radius 3 is 2.37 bits per heavy atom. The lowest BCUT2D eigenvalue weighted by Gasteiger charge is -2.29. The first-order valence-corrected chi connectivity index (χ1v) is 13.6. The summed E-state index contributed by atoms with van der Waals surface area (Å²) in [5.74, 6) is 0.207. The Balaban J connectivity index is 2.19. The van der Waals surface area contributed by atoms with E-state index in [2.05, 4.69) is 5.32 Å². The van der Waals surface area contributed by atoms with Crippen LogP contribution >= 0.6 is 11.6 Å². The van der Waals surface area contributed by atoms with Gasteiger partial charge in [-0.3, -0.25) is 13.9 Å². The Morgan fingerprint density at radius 2 is 1.80 bits per heavy atom. The molecule has 8 nitrogen and oxygen atoms in total. The number of hydrogen-bond donors (Lipinski definition) is 1. The highest BCUT2D eigenvalue weighted by molar-refractivity contribution is 7.92. The molecule has 0 saturated carbocycles. The number of amides is 2. The predicted octanol–water partition coefficient (Wildman–Crippen LogP) is 3.76. The van der Waals surface area contributed by atoms with Gasteiger partial charge in [-0.05, 0) is 62.6 Å². The summed E-state index contributed by atoms with van der Waals surface area (Å²) in [7, 11) is -2.02. The maximum atomic E-state index is 13.2. The fourth-order valence-corrected chi connectivity index (χ4v) is 4.87. The second-order valence-electron chi connectivity index (χ2n) is 8.26. The first-order chi connectivity index (χ1) is 16.5. The minimum absolute atomic E-state index is 0.0749. The molecule has 2 aromatic carbocycles. The Kier molecular flexibility index (Phi) is 10.4. The molecule has 0 aromatic heterocycles. The molecule has 2 rings (SSSR count). The Morgan fingerprint density at radius 1 is 1.14 bits per heavy atom. The largest absolute Gasteiger partial charge is 0.497 e. The number of likely N-dealkylation sites (N-methyl/N-ethyl adjacent to an activating group) is 1. The number of nitrogens with zero attached hydrogens (tertiary/aromatic N) is 2. The highest BCUT2D eigenvalue weighted by Gasteiger charge is 2.26. The zero-order valence-electron chi connectivity index (χ0n) is 20.9. The number of carbonyl (C=O) groups is 2. The Hall–Kier alpha value is -2.78. The molecule has 2 aromatic rings. The van der Waals surface area contributed by atoms with Crippen LogP contribution in [-0.2, 0) is 26.2 Å². The zero-order valence-corrected chi connectivity index (χ0v) is 22.4. The molecule has 0 fully saturated rings. The van der Waals surface area contributed by atoms with Crippen molar-refractivity contribution in [3.05, 3.63) is 58.6 Å². The van der Waals surface area contributed by atoms with Crippen LogP contribution in [0, 0.1) is 6.92 Å². The van der Waals surface area contributed by atoms with Gasteiger partial charge in [-0.1, -0.05) is 29.8 Å². The number of halogens is 1. The summed E-state index contributed by atoms with van der Waals surface area (Å²) >= 11 is 6.19. The maximum Gasteiger partial charge on any atom is 0.242 e. The molecule has 0 aliphatic carbocycles. The Labute approximate surface area is 213 Å². The van der Waals surface area contributed by atoms with E-state index in [9.17, 15) is 18.0 Å².